The summed E-state index contributed by atoms with van der Waals surface area (Å²) < 4.78 is 5.40. The molecule has 1 aromatic rings. The van der Waals surface area contributed by atoms with Crippen LogP contribution in [0.15, 0.2) is 47.9 Å². The van der Waals surface area contributed by atoms with Gasteiger partial charge < -0.3 is 10.1 Å². The van der Waals surface area contributed by atoms with E-state index >= 15 is 0 Å². The van der Waals surface area contributed by atoms with Crippen LogP contribution in [0, 0.1) is 0 Å². The van der Waals surface area contributed by atoms with Crippen LogP contribution in [0.5, 0.6) is 5.75 Å². The van der Waals surface area contributed by atoms with Gasteiger partial charge in [-0.05, 0) is 13.0 Å². The second-order valence-electron chi connectivity index (χ2n) is 3.28. The van der Waals surface area contributed by atoms with E-state index in [1.54, 1.807) is 25.4 Å². The number of aromatic nitrogens is 1. The lowest BCUT2D eigenvalue weighted by atomic mass is 10.3. The van der Waals surface area contributed by atoms with E-state index in [4.69, 9.17) is 4.74 Å². The highest BCUT2D eigenvalue weighted by atomic mass is 16.5. The van der Waals surface area contributed by atoms with Gasteiger partial charge in [-0.3, -0.25) is 14.8 Å². The molecule has 1 amide bonds. The topological polar surface area (TPSA) is 63.6 Å². The van der Waals surface area contributed by atoms with Crippen molar-refractivity contribution in [2.45, 2.75) is 6.92 Å². The maximum absolute atomic E-state index is 11.4. The van der Waals surface area contributed by atoms with Crippen molar-refractivity contribution in [3.05, 3.63) is 48.6 Å². The zero-order chi connectivity index (χ0) is 13.4. The first-order chi connectivity index (χ1) is 8.67. The number of nitrogens with one attached hydrogen (secondary N) is 1. The smallest absolute Gasteiger partial charge is 0.269 e. The van der Waals surface area contributed by atoms with Gasteiger partial charge >= 0.3 is 0 Å². The second-order valence-corrected chi connectivity index (χ2v) is 3.28. The molecule has 0 radical (unpaired) electrons. The van der Waals surface area contributed by atoms with Gasteiger partial charge in [-0.1, -0.05) is 12.7 Å². The van der Waals surface area contributed by atoms with E-state index in [0.717, 1.165) is 0 Å². The Hall–Kier alpha value is -2.43. The van der Waals surface area contributed by atoms with Crippen molar-refractivity contribution in [1.82, 2.24) is 10.3 Å². The van der Waals surface area contributed by atoms with Crippen LogP contribution in [0.4, 0.5) is 0 Å². The minimum absolute atomic E-state index is 0.270. The SMILES string of the molecule is C=C(C=N/C=C\C)Oc1ccnc(C(=O)NC)c1. The third-order valence-electron chi connectivity index (χ3n) is 1.89. The largest absolute Gasteiger partial charge is 0.456 e. The predicted octanol–water partition coefficient (Wildman–Crippen LogP) is 1.94. The summed E-state index contributed by atoms with van der Waals surface area (Å²) in [5.41, 5.74) is 0.285. The van der Waals surface area contributed by atoms with Gasteiger partial charge in [-0.2, -0.15) is 0 Å². The Balaban J connectivity index is 2.73. The lowest BCUT2D eigenvalue weighted by Crippen LogP contribution is -2.19. The molecule has 0 spiro atoms. The number of amides is 1. The zero-order valence-electron chi connectivity index (χ0n) is 10.4. The van der Waals surface area contributed by atoms with Crippen molar-refractivity contribution in [3.8, 4) is 5.75 Å². The molecule has 0 bridgehead atoms. The van der Waals surface area contributed by atoms with Crippen LogP contribution in [0.25, 0.3) is 0 Å². The number of ether oxygens (including phenoxy) is 1. The minimum Gasteiger partial charge on any atom is -0.456 e. The zero-order valence-corrected chi connectivity index (χ0v) is 10.4. The summed E-state index contributed by atoms with van der Waals surface area (Å²) in [4.78, 5) is 19.2. The number of hydrogen-bond donors (Lipinski definition) is 1. The second kappa shape index (κ2) is 7.01. The van der Waals surface area contributed by atoms with Crippen molar-refractivity contribution in [2.75, 3.05) is 7.05 Å². The Morgan fingerprint density at radius 3 is 3.06 bits per heavy atom. The van der Waals surface area contributed by atoms with Gasteiger partial charge in [-0.15, -0.1) is 0 Å². The van der Waals surface area contributed by atoms with E-state index in [0.29, 0.717) is 11.5 Å². The van der Waals surface area contributed by atoms with E-state index in [9.17, 15) is 4.79 Å². The van der Waals surface area contributed by atoms with Crippen LogP contribution in [0.2, 0.25) is 0 Å². The highest BCUT2D eigenvalue weighted by Crippen LogP contribution is 2.13. The average molecular weight is 245 g/mol. The van der Waals surface area contributed by atoms with Gasteiger partial charge in [0.1, 0.15) is 17.2 Å². The summed E-state index contributed by atoms with van der Waals surface area (Å²) in [7, 11) is 1.54. The molecule has 5 heteroatoms. The fraction of sp³-hybridized carbons (Fsp3) is 0.154. The number of hydrogen-bond acceptors (Lipinski definition) is 4. The Labute approximate surface area is 106 Å². The molecule has 1 aromatic heterocycles. The molecule has 0 fully saturated rings. The molecule has 1 N–H and O–H groups in total. The van der Waals surface area contributed by atoms with Crippen LogP contribution < -0.4 is 10.1 Å². The van der Waals surface area contributed by atoms with Crippen molar-refractivity contribution in [2.24, 2.45) is 4.99 Å². The van der Waals surface area contributed by atoms with Crippen molar-refractivity contribution in [3.63, 3.8) is 0 Å². The van der Waals surface area contributed by atoms with E-state index in [1.807, 2.05) is 6.92 Å². The summed E-state index contributed by atoms with van der Waals surface area (Å²) in [6.45, 7) is 5.55. The summed E-state index contributed by atoms with van der Waals surface area (Å²) in [5, 5.41) is 2.49. The van der Waals surface area contributed by atoms with Crippen LogP contribution in [0.1, 0.15) is 17.4 Å². The van der Waals surface area contributed by atoms with E-state index in [2.05, 4.69) is 21.9 Å². The molecule has 0 aliphatic rings. The van der Waals surface area contributed by atoms with E-state index in [-0.39, 0.29) is 11.6 Å². The lowest BCUT2D eigenvalue weighted by molar-refractivity contribution is 0.0958. The van der Waals surface area contributed by atoms with Crippen LogP contribution in [-0.2, 0) is 0 Å². The van der Waals surface area contributed by atoms with Gasteiger partial charge in [0.15, 0.2) is 0 Å². The maximum atomic E-state index is 11.4. The first-order valence-corrected chi connectivity index (χ1v) is 5.36. The van der Waals surface area contributed by atoms with Gasteiger partial charge in [-0.25, -0.2) is 0 Å². The minimum atomic E-state index is -0.270. The monoisotopic (exact) mass is 245 g/mol. The molecule has 5 nitrogen and oxygen atoms in total. The maximum Gasteiger partial charge on any atom is 0.269 e. The first kappa shape index (κ1) is 13.6. The van der Waals surface area contributed by atoms with E-state index in [1.165, 1.54) is 18.5 Å². The number of carbonyl (C=O) groups is 1. The van der Waals surface area contributed by atoms with Crippen LogP contribution in [0.3, 0.4) is 0 Å². The summed E-state index contributed by atoms with van der Waals surface area (Å²) in [6, 6.07) is 3.18. The number of nitrogens with zero attached hydrogens (tertiary/aromatic N) is 2. The molecule has 0 aliphatic heterocycles. The van der Waals surface area contributed by atoms with Crippen LogP contribution in [-0.4, -0.2) is 24.2 Å². The Bertz CT molecular complexity index is 493. The van der Waals surface area contributed by atoms with E-state index < -0.39 is 0 Å². The molecule has 94 valence electrons. The van der Waals surface area contributed by atoms with Crippen molar-refractivity contribution >= 4 is 12.1 Å². The van der Waals surface area contributed by atoms with Crippen molar-refractivity contribution in [1.29, 1.82) is 0 Å². The fourth-order valence-corrected chi connectivity index (χ4v) is 1.12. The third-order valence-corrected chi connectivity index (χ3v) is 1.89. The standard InChI is InChI=1S/C13H15N3O2/c1-4-6-15-9-10(2)18-11-5-7-16-12(8-11)13(17)14-3/h4-9H,2H2,1,3H3,(H,14,17)/b6-4-,15-9?. The Morgan fingerprint density at radius 1 is 1.61 bits per heavy atom. The van der Waals surface area contributed by atoms with Gasteiger partial charge in [0.05, 0.1) is 6.21 Å². The highest BCUT2D eigenvalue weighted by molar-refractivity contribution is 5.92. The molecule has 1 heterocycles. The molecule has 0 saturated heterocycles. The number of pyridine rings is 1. The highest BCUT2D eigenvalue weighted by Gasteiger charge is 2.06. The summed E-state index contributed by atoms with van der Waals surface area (Å²) >= 11 is 0. The number of allylic oxidation sites excluding steroid dienone is 2. The average Bonchev–Trinajstić information content (AvgIpc) is 2.38. The quantitative estimate of drug-likeness (QED) is 0.637. The molecule has 1 rings (SSSR count). The molecule has 0 aliphatic carbocycles. The molecular weight excluding hydrogens is 230 g/mol. The molecule has 0 aromatic carbocycles. The fourth-order valence-electron chi connectivity index (χ4n) is 1.12. The predicted molar refractivity (Wildman–Crippen MR) is 70.7 cm³/mol. The number of rotatable bonds is 5. The molecule has 18 heavy (non-hydrogen) atoms. The van der Waals surface area contributed by atoms with Gasteiger partial charge in [0.25, 0.3) is 5.91 Å². The number of aliphatic imine (C=N–C) groups is 1. The molecular formula is C13H15N3O2. The Morgan fingerprint density at radius 2 is 2.39 bits per heavy atom. The van der Waals surface area contributed by atoms with Crippen LogP contribution >= 0.6 is 0 Å². The first-order valence-electron chi connectivity index (χ1n) is 5.36. The Kier molecular flexibility index (Phi) is 5.31. The molecule has 0 saturated carbocycles. The van der Waals surface area contributed by atoms with Gasteiger partial charge in [0, 0.05) is 25.5 Å². The van der Waals surface area contributed by atoms with Gasteiger partial charge in [0.2, 0.25) is 0 Å². The number of carbonyl (C=O) groups excluding carboxylic acids is 1. The normalized spacial score (nSPS) is 10.8. The molecule has 0 unspecified atom stereocenters. The third kappa shape index (κ3) is 4.21. The lowest BCUT2D eigenvalue weighted by Gasteiger charge is -2.05. The molecule has 0 atom stereocenters. The van der Waals surface area contributed by atoms with Crippen molar-refractivity contribution < 1.29 is 9.53 Å². The summed E-state index contributed by atoms with van der Waals surface area (Å²) in [6.07, 6.45) is 6.40. The summed E-state index contributed by atoms with van der Waals surface area (Å²) in [5.74, 6) is 0.594.